The Morgan fingerprint density at radius 1 is 1.25 bits per heavy atom. The van der Waals surface area contributed by atoms with E-state index in [1.54, 1.807) is 0 Å². The van der Waals surface area contributed by atoms with Gasteiger partial charge in [0.15, 0.2) is 0 Å². The van der Waals surface area contributed by atoms with E-state index in [9.17, 15) is 4.79 Å². The Hall–Kier alpha value is -1.85. The molecule has 0 spiro atoms. The Bertz CT molecular complexity index is 657. The number of carbonyl (C=O) groups excluding carboxylic acids is 1. The van der Waals surface area contributed by atoms with Gasteiger partial charge in [0.2, 0.25) is 5.95 Å². The minimum atomic E-state index is -0.115. The summed E-state index contributed by atoms with van der Waals surface area (Å²) >= 11 is 0. The molecule has 0 N–H and O–H groups in total. The molecule has 4 rings (SSSR count). The number of hydrogen-bond acceptors (Lipinski definition) is 6. The third-order valence-electron chi connectivity index (χ3n) is 5.82. The molecule has 24 heavy (non-hydrogen) atoms. The molecule has 0 aromatic carbocycles. The van der Waals surface area contributed by atoms with Gasteiger partial charge in [-0.25, -0.2) is 4.98 Å². The second-order valence-electron chi connectivity index (χ2n) is 7.53. The first-order valence-electron chi connectivity index (χ1n) is 9.06. The molecule has 1 aliphatic carbocycles. The zero-order valence-electron chi connectivity index (χ0n) is 14.8. The van der Waals surface area contributed by atoms with E-state index in [0.29, 0.717) is 24.3 Å². The predicted molar refractivity (Wildman–Crippen MR) is 92.5 cm³/mol. The van der Waals surface area contributed by atoms with Gasteiger partial charge in [0.05, 0.1) is 19.2 Å². The number of rotatable bonds is 4. The van der Waals surface area contributed by atoms with Gasteiger partial charge < -0.3 is 14.5 Å². The summed E-state index contributed by atoms with van der Waals surface area (Å²) < 4.78 is 4.78. The highest BCUT2D eigenvalue weighted by Gasteiger charge is 2.36. The number of hydrogen-bond donors (Lipinski definition) is 0. The topological polar surface area (TPSA) is 58.6 Å². The van der Waals surface area contributed by atoms with Crippen molar-refractivity contribution in [2.24, 2.45) is 5.92 Å². The Balaban J connectivity index is 1.57. The van der Waals surface area contributed by atoms with E-state index < -0.39 is 0 Å². The van der Waals surface area contributed by atoms with E-state index in [1.165, 1.54) is 24.8 Å². The second-order valence-corrected chi connectivity index (χ2v) is 7.53. The van der Waals surface area contributed by atoms with E-state index in [-0.39, 0.29) is 5.97 Å². The molecule has 1 aromatic rings. The van der Waals surface area contributed by atoms with E-state index >= 15 is 0 Å². The summed E-state index contributed by atoms with van der Waals surface area (Å²) in [6, 6.07) is 0.538. The molecule has 0 radical (unpaired) electrons. The summed E-state index contributed by atoms with van der Waals surface area (Å²) in [6.07, 6.45) is 3.96. The summed E-state index contributed by atoms with van der Waals surface area (Å²) in [4.78, 5) is 25.9. The Kier molecular flexibility index (Phi) is 3.85. The number of nitrogens with zero attached hydrogens (tertiary/aromatic N) is 4. The average Bonchev–Trinajstić information content (AvgIpc) is 2.89. The third kappa shape index (κ3) is 2.52. The molecule has 6 heteroatoms. The lowest BCUT2D eigenvalue weighted by atomic mass is 9.95. The Morgan fingerprint density at radius 3 is 2.67 bits per heavy atom. The molecule has 0 amide bonds. The third-order valence-corrected chi connectivity index (χ3v) is 5.82. The van der Waals surface area contributed by atoms with Gasteiger partial charge >= 0.3 is 5.97 Å². The first-order valence-corrected chi connectivity index (χ1v) is 9.06. The largest absolute Gasteiger partial charge is 0.469 e. The van der Waals surface area contributed by atoms with Crippen LogP contribution in [0.2, 0.25) is 0 Å². The molecule has 3 heterocycles. The van der Waals surface area contributed by atoms with Gasteiger partial charge in [0, 0.05) is 37.2 Å². The molecule has 0 saturated carbocycles. The first kappa shape index (κ1) is 15.7. The highest BCUT2D eigenvalue weighted by molar-refractivity contribution is 5.70. The minimum absolute atomic E-state index is 0.115. The van der Waals surface area contributed by atoms with Gasteiger partial charge in [-0.15, -0.1) is 0 Å². The van der Waals surface area contributed by atoms with Gasteiger partial charge in [0.1, 0.15) is 5.82 Å². The van der Waals surface area contributed by atoms with E-state index in [0.717, 1.165) is 44.2 Å². The number of anilines is 2. The average molecular weight is 330 g/mol. The van der Waals surface area contributed by atoms with Crippen LogP contribution in [-0.4, -0.2) is 48.7 Å². The van der Waals surface area contributed by atoms with Crippen molar-refractivity contribution in [3.63, 3.8) is 0 Å². The number of aromatic nitrogens is 2. The lowest BCUT2D eigenvalue weighted by molar-refractivity contribution is -0.141. The minimum Gasteiger partial charge on any atom is -0.469 e. The van der Waals surface area contributed by atoms with Crippen LogP contribution >= 0.6 is 0 Å². The van der Waals surface area contributed by atoms with Crippen LogP contribution in [0.25, 0.3) is 0 Å². The maximum Gasteiger partial charge on any atom is 0.305 e. The molecule has 0 bridgehead atoms. The monoisotopic (exact) mass is 330 g/mol. The van der Waals surface area contributed by atoms with Crippen LogP contribution in [0.4, 0.5) is 11.8 Å². The fourth-order valence-electron chi connectivity index (χ4n) is 4.02. The van der Waals surface area contributed by atoms with Crippen LogP contribution in [0, 0.1) is 5.92 Å². The zero-order valence-corrected chi connectivity index (χ0v) is 14.8. The summed E-state index contributed by atoms with van der Waals surface area (Å²) in [6.45, 7) is 7.34. The van der Waals surface area contributed by atoms with Gasteiger partial charge in [0.25, 0.3) is 0 Å². The van der Waals surface area contributed by atoms with E-state index in [4.69, 9.17) is 14.7 Å². The summed E-state index contributed by atoms with van der Waals surface area (Å²) in [5, 5.41) is 0. The number of carbonyl (C=O) groups is 1. The van der Waals surface area contributed by atoms with Crippen molar-refractivity contribution in [3.05, 3.63) is 11.3 Å². The fourth-order valence-corrected chi connectivity index (χ4v) is 4.02. The molecule has 2 aliphatic heterocycles. The van der Waals surface area contributed by atoms with Crippen LogP contribution < -0.4 is 9.80 Å². The molecule has 1 aromatic heterocycles. The van der Waals surface area contributed by atoms with E-state index in [2.05, 4.69) is 23.6 Å². The van der Waals surface area contributed by atoms with Gasteiger partial charge in [-0.2, -0.15) is 4.98 Å². The van der Waals surface area contributed by atoms with Crippen molar-refractivity contribution in [2.45, 2.75) is 51.5 Å². The number of methoxy groups -OCH3 is 1. The quantitative estimate of drug-likeness (QED) is 0.788. The fraction of sp³-hybridized carbons (Fsp3) is 0.722. The molecular formula is C18H26N4O2. The van der Waals surface area contributed by atoms with Crippen molar-refractivity contribution < 1.29 is 9.53 Å². The molecule has 6 nitrogen and oxygen atoms in total. The van der Waals surface area contributed by atoms with Gasteiger partial charge in [-0.05, 0) is 32.1 Å². The van der Waals surface area contributed by atoms with Crippen molar-refractivity contribution in [1.29, 1.82) is 0 Å². The molecule has 2 fully saturated rings. The smallest absolute Gasteiger partial charge is 0.305 e. The highest BCUT2D eigenvalue weighted by atomic mass is 16.5. The highest BCUT2D eigenvalue weighted by Crippen LogP contribution is 2.40. The lowest BCUT2D eigenvalue weighted by Gasteiger charge is -2.42. The SMILES string of the molecule is COC(=O)CC1CN(c2nc(N3CC[C@@H]3C)nc3c2CCC3C)C1. The molecule has 2 atom stereocenters. The first-order chi connectivity index (χ1) is 11.6. The molecular weight excluding hydrogens is 304 g/mol. The standard InChI is InChI=1S/C18H26N4O2/c1-11-4-5-14-16(11)19-18(22-7-6-12(22)2)20-17(14)21-9-13(10-21)8-15(23)24-3/h11-13H,4-10H2,1-3H3/t11?,12-/m0/s1. The van der Waals surface area contributed by atoms with Crippen molar-refractivity contribution in [1.82, 2.24) is 9.97 Å². The van der Waals surface area contributed by atoms with Crippen LogP contribution in [0.1, 0.15) is 50.3 Å². The predicted octanol–water partition coefficient (Wildman–Crippen LogP) is 2.12. The summed E-state index contributed by atoms with van der Waals surface area (Å²) in [7, 11) is 1.46. The van der Waals surface area contributed by atoms with Crippen LogP contribution in [-0.2, 0) is 16.0 Å². The lowest BCUT2D eigenvalue weighted by Crippen LogP contribution is -2.50. The number of esters is 1. The van der Waals surface area contributed by atoms with Crippen LogP contribution in [0.3, 0.4) is 0 Å². The number of fused-ring (bicyclic) bond motifs is 1. The van der Waals surface area contributed by atoms with Gasteiger partial charge in [-0.1, -0.05) is 6.92 Å². The maximum atomic E-state index is 11.4. The second kappa shape index (κ2) is 5.90. The van der Waals surface area contributed by atoms with Crippen molar-refractivity contribution >= 4 is 17.7 Å². The normalized spacial score (nSPS) is 26.0. The molecule has 2 saturated heterocycles. The Labute approximate surface area is 143 Å². The zero-order chi connectivity index (χ0) is 16.8. The van der Waals surface area contributed by atoms with Crippen molar-refractivity contribution in [3.8, 4) is 0 Å². The summed E-state index contributed by atoms with van der Waals surface area (Å²) in [5.74, 6) is 2.79. The van der Waals surface area contributed by atoms with Crippen LogP contribution in [0.15, 0.2) is 0 Å². The number of ether oxygens (including phenoxy) is 1. The molecule has 130 valence electrons. The van der Waals surface area contributed by atoms with E-state index in [1.807, 2.05) is 0 Å². The maximum absolute atomic E-state index is 11.4. The summed E-state index contributed by atoms with van der Waals surface area (Å²) in [5.41, 5.74) is 2.57. The van der Waals surface area contributed by atoms with Gasteiger partial charge in [-0.3, -0.25) is 4.79 Å². The molecule has 3 aliphatic rings. The van der Waals surface area contributed by atoms with Crippen LogP contribution in [0.5, 0.6) is 0 Å². The molecule has 1 unspecified atom stereocenters. The Morgan fingerprint density at radius 2 is 2.04 bits per heavy atom. The van der Waals surface area contributed by atoms with Crippen molar-refractivity contribution in [2.75, 3.05) is 36.5 Å².